The first-order valence-corrected chi connectivity index (χ1v) is 7.86. The standard InChI is InChI=1S/C17H28N4.HI/c1-5-18-17(20-16-10-13(16)2)19-11-14-8-6-7-9-15(14)12-21(3)4;/h6-9,13,16H,5,10-12H2,1-4H3,(H2,18,19,20);1H. The van der Waals surface area contributed by atoms with Crippen LogP contribution in [0.5, 0.6) is 0 Å². The van der Waals surface area contributed by atoms with Gasteiger partial charge in [-0.15, -0.1) is 24.0 Å². The van der Waals surface area contributed by atoms with Crippen molar-refractivity contribution in [2.24, 2.45) is 10.9 Å². The zero-order valence-corrected chi connectivity index (χ0v) is 16.4. The van der Waals surface area contributed by atoms with Crippen LogP contribution in [0.4, 0.5) is 0 Å². The van der Waals surface area contributed by atoms with Crippen LogP contribution in [0.15, 0.2) is 29.3 Å². The Labute approximate surface area is 151 Å². The van der Waals surface area contributed by atoms with E-state index in [0.717, 1.165) is 31.5 Å². The summed E-state index contributed by atoms with van der Waals surface area (Å²) in [6.45, 7) is 6.95. The Morgan fingerprint density at radius 2 is 1.91 bits per heavy atom. The highest BCUT2D eigenvalue weighted by Crippen LogP contribution is 2.28. The minimum Gasteiger partial charge on any atom is -0.357 e. The Morgan fingerprint density at radius 3 is 2.45 bits per heavy atom. The highest BCUT2D eigenvalue weighted by atomic mass is 127. The van der Waals surface area contributed by atoms with Crippen molar-refractivity contribution in [1.82, 2.24) is 15.5 Å². The van der Waals surface area contributed by atoms with Crippen LogP contribution < -0.4 is 10.6 Å². The zero-order valence-electron chi connectivity index (χ0n) is 14.1. The van der Waals surface area contributed by atoms with Crippen LogP contribution in [0.1, 0.15) is 31.4 Å². The van der Waals surface area contributed by atoms with Crippen LogP contribution >= 0.6 is 24.0 Å². The molecule has 0 spiro atoms. The van der Waals surface area contributed by atoms with Crippen LogP contribution in [0.3, 0.4) is 0 Å². The molecule has 2 atom stereocenters. The third-order valence-electron chi connectivity index (χ3n) is 3.79. The van der Waals surface area contributed by atoms with Crippen molar-refractivity contribution in [3.05, 3.63) is 35.4 Å². The third kappa shape index (κ3) is 6.12. The lowest BCUT2D eigenvalue weighted by molar-refractivity contribution is 0.401. The Hall–Kier alpha value is -0.820. The van der Waals surface area contributed by atoms with Gasteiger partial charge in [0.15, 0.2) is 5.96 Å². The normalized spacial score (nSPS) is 20.5. The quantitative estimate of drug-likeness (QED) is 0.426. The Kier molecular flexibility index (Phi) is 8.17. The summed E-state index contributed by atoms with van der Waals surface area (Å²) in [6.07, 6.45) is 1.25. The van der Waals surface area contributed by atoms with E-state index in [1.807, 2.05) is 0 Å². The highest BCUT2D eigenvalue weighted by Gasteiger charge is 2.33. The molecule has 1 aliphatic carbocycles. The first-order valence-electron chi connectivity index (χ1n) is 7.86. The molecule has 0 radical (unpaired) electrons. The predicted molar refractivity (Wildman–Crippen MR) is 105 cm³/mol. The molecule has 0 aromatic heterocycles. The first kappa shape index (κ1) is 19.2. The van der Waals surface area contributed by atoms with E-state index in [0.29, 0.717) is 6.04 Å². The molecule has 1 aliphatic rings. The molecule has 0 saturated heterocycles. The van der Waals surface area contributed by atoms with Crippen LogP contribution in [0.25, 0.3) is 0 Å². The maximum Gasteiger partial charge on any atom is 0.191 e. The SMILES string of the molecule is CCNC(=NCc1ccccc1CN(C)C)NC1CC1C.I. The van der Waals surface area contributed by atoms with Crippen molar-refractivity contribution in [2.45, 2.75) is 39.4 Å². The number of guanidine groups is 1. The summed E-state index contributed by atoms with van der Waals surface area (Å²) in [5, 5.41) is 6.83. The van der Waals surface area contributed by atoms with Gasteiger partial charge in [-0.1, -0.05) is 31.2 Å². The fraction of sp³-hybridized carbons (Fsp3) is 0.588. The maximum absolute atomic E-state index is 4.74. The summed E-state index contributed by atoms with van der Waals surface area (Å²) in [7, 11) is 4.19. The average molecular weight is 416 g/mol. The molecule has 2 unspecified atom stereocenters. The fourth-order valence-corrected chi connectivity index (χ4v) is 2.39. The number of hydrogen-bond acceptors (Lipinski definition) is 2. The second-order valence-corrected chi connectivity index (χ2v) is 6.17. The van der Waals surface area contributed by atoms with Crippen molar-refractivity contribution in [3.63, 3.8) is 0 Å². The summed E-state index contributed by atoms with van der Waals surface area (Å²) in [5.41, 5.74) is 2.65. The lowest BCUT2D eigenvalue weighted by Gasteiger charge is -2.14. The smallest absolute Gasteiger partial charge is 0.191 e. The van der Waals surface area contributed by atoms with E-state index in [2.05, 4.69) is 67.7 Å². The monoisotopic (exact) mass is 416 g/mol. The second-order valence-electron chi connectivity index (χ2n) is 6.17. The molecule has 0 amide bonds. The van der Waals surface area contributed by atoms with E-state index in [1.54, 1.807) is 0 Å². The summed E-state index contributed by atoms with van der Waals surface area (Å²) < 4.78 is 0. The molecule has 5 heteroatoms. The van der Waals surface area contributed by atoms with Crippen molar-refractivity contribution in [2.75, 3.05) is 20.6 Å². The van der Waals surface area contributed by atoms with E-state index in [9.17, 15) is 0 Å². The largest absolute Gasteiger partial charge is 0.357 e. The van der Waals surface area contributed by atoms with E-state index < -0.39 is 0 Å². The second kappa shape index (κ2) is 9.35. The summed E-state index contributed by atoms with van der Waals surface area (Å²) >= 11 is 0. The van der Waals surface area contributed by atoms with E-state index >= 15 is 0 Å². The van der Waals surface area contributed by atoms with Gasteiger partial charge in [-0.3, -0.25) is 0 Å². The molecule has 2 N–H and O–H groups in total. The van der Waals surface area contributed by atoms with E-state index in [1.165, 1.54) is 17.5 Å². The van der Waals surface area contributed by atoms with Gasteiger partial charge in [0.1, 0.15) is 0 Å². The molecule has 0 heterocycles. The van der Waals surface area contributed by atoms with Gasteiger partial charge in [-0.05, 0) is 44.5 Å². The van der Waals surface area contributed by atoms with Gasteiger partial charge in [0.05, 0.1) is 6.54 Å². The molecular formula is C17H29IN4. The lowest BCUT2D eigenvalue weighted by Crippen LogP contribution is -2.39. The molecule has 1 saturated carbocycles. The Bertz CT molecular complexity index is 487. The van der Waals surface area contributed by atoms with Gasteiger partial charge >= 0.3 is 0 Å². The molecule has 0 aliphatic heterocycles. The molecule has 0 bridgehead atoms. The molecule has 2 rings (SSSR count). The van der Waals surface area contributed by atoms with E-state index in [-0.39, 0.29) is 24.0 Å². The molecule has 1 aromatic carbocycles. The van der Waals surface area contributed by atoms with Crippen molar-refractivity contribution in [3.8, 4) is 0 Å². The van der Waals surface area contributed by atoms with Crippen molar-refractivity contribution in [1.29, 1.82) is 0 Å². The number of nitrogens with one attached hydrogen (secondary N) is 2. The molecule has 22 heavy (non-hydrogen) atoms. The van der Waals surface area contributed by atoms with Crippen molar-refractivity contribution >= 4 is 29.9 Å². The fourth-order valence-electron chi connectivity index (χ4n) is 2.39. The van der Waals surface area contributed by atoms with Crippen LogP contribution in [-0.2, 0) is 13.1 Å². The van der Waals surface area contributed by atoms with Crippen molar-refractivity contribution < 1.29 is 0 Å². The molecule has 124 valence electrons. The highest BCUT2D eigenvalue weighted by molar-refractivity contribution is 14.0. The van der Waals surface area contributed by atoms with Gasteiger partial charge in [0, 0.05) is 19.1 Å². The number of nitrogens with zero attached hydrogens (tertiary/aromatic N) is 2. The minimum atomic E-state index is 0. The van der Waals surface area contributed by atoms with Crippen LogP contribution in [-0.4, -0.2) is 37.5 Å². The van der Waals surface area contributed by atoms with Gasteiger partial charge < -0.3 is 15.5 Å². The van der Waals surface area contributed by atoms with Crippen LogP contribution in [0, 0.1) is 5.92 Å². The number of benzene rings is 1. The third-order valence-corrected chi connectivity index (χ3v) is 3.79. The molecule has 1 fully saturated rings. The van der Waals surface area contributed by atoms with Gasteiger partial charge in [-0.25, -0.2) is 4.99 Å². The molecular weight excluding hydrogens is 387 g/mol. The first-order chi connectivity index (χ1) is 10.1. The number of hydrogen-bond donors (Lipinski definition) is 2. The number of halogens is 1. The molecule has 4 nitrogen and oxygen atoms in total. The van der Waals surface area contributed by atoms with Gasteiger partial charge in [-0.2, -0.15) is 0 Å². The molecule has 1 aromatic rings. The number of rotatable bonds is 6. The summed E-state index contributed by atoms with van der Waals surface area (Å²) in [6, 6.07) is 9.15. The summed E-state index contributed by atoms with van der Waals surface area (Å²) in [4.78, 5) is 6.93. The Morgan fingerprint density at radius 1 is 1.27 bits per heavy atom. The average Bonchev–Trinajstić information content (AvgIpc) is 3.12. The topological polar surface area (TPSA) is 39.7 Å². The summed E-state index contributed by atoms with van der Waals surface area (Å²) in [5.74, 6) is 1.71. The Balaban J connectivity index is 0.00000242. The number of aliphatic imine (C=N–C) groups is 1. The lowest BCUT2D eigenvalue weighted by atomic mass is 10.1. The van der Waals surface area contributed by atoms with Gasteiger partial charge in [0.25, 0.3) is 0 Å². The maximum atomic E-state index is 4.74. The zero-order chi connectivity index (χ0) is 15.2. The van der Waals surface area contributed by atoms with Crippen LogP contribution in [0.2, 0.25) is 0 Å². The van der Waals surface area contributed by atoms with E-state index in [4.69, 9.17) is 4.99 Å². The predicted octanol–water partition coefficient (Wildman–Crippen LogP) is 2.83. The van der Waals surface area contributed by atoms with Gasteiger partial charge in [0.2, 0.25) is 0 Å². The minimum absolute atomic E-state index is 0.